The molecule has 0 aromatic heterocycles. The Bertz CT molecular complexity index is 373. The highest BCUT2D eigenvalue weighted by atomic mass is 19.4. The van der Waals surface area contributed by atoms with Crippen LogP contribution in [0.2, 0.25) is 0 Å². The van der Waals surface area contributed by atoms with E-state index in [0.717, 1.165) is 12.5 Å². The number of hydrogen-bond donors (Lipinski definition) is 1. The van der Waals surface area contributed by atoms with Gasteiger partial charge in [-0.05, 0) is 24.5 Å². The lowest BCUT2D eigenvalue weighted by molar-refractivity contribution is -0.138. The molecule has 0 amide bonds. The lowest BCUT2D eigenvalue weighted by Gasteiger charge is -2.20. The van der Waals surface area contributed by atoms with Gasteiger partial charge in [-0.3, -0.25) is 0 Å². The number of rotatable bonds is 1. The zero-order valence-electron chi connectivity index (χ0n) is 8.67. The Labute approximate surface area is 91.9 Å². The van der Waals surface area contributed by atoms with Crippen molar-refractivity contribution in [3.63, 3.8) is 0 Å². The van der Waals surface area contributed by atoms with Crippen molar-refractivity contribution in [2.45, 2.75) is 37.5 Å². The largest absolute Gasteiger partial charge is 0.416 e. The summed E-state index contributed by atoms with van der Waals surface area (Å²) >= 11 is 0. The van der Waals surface area contributed by atoms with Gasteiger partial charge in [-0.25, -0.2) is 0 Å². The van der Waals surface area contributed by atoms with Gasteiger partial charge in [-0.15, -0.1) is 0 Å². The molecule has 1 saturated carbocycles. The first-order valence-corrected chi connectivity index (χ1v) is 5.34. The number of hydrogen-bond acceptors (Lipinski definition) is 1. The van der Waals surface area contributed by atoms with Crippen LogP contribution in [0.5, 0.6) is 0 Å². The van der Waals surface area contributed by atoms with Gasteiger partial charge in [0, 0.05) is 5.92 Å². The molecule has 88 valence electrons. The van der Waals surface area contributed by atoms with E-state index in [4.69, 9.17) is 0 Å². The van der Waals surface area contributed by atoms with E-state index in [-0.39, 0.29) is 11.5 Å². The predicted molar refractivity (Wildman–Crippen MR) is 54.0 cm³/mol. The molecule has 0 radical (unpaired) electrons. The van der Waals surface area contributed by atoms with E-state index < -0.39 is 17.8 Å². The summed E-state index contributed by atoms with van der Waals surface area (Å²) in [6.45, 7) is 0. The van der Waals surface area contributed by atoms with Gasteiger partial charge in [0.15, 0.2) is 0 Å². The summed E-state index contributed by atoms with van der Waals surface area (Å²) in [6, 6.07) is 5.53. The fourth-order valence-electron chi connectivity index (χ4n) is 2.38. The zero-order chi connectivity index (χ0) is 11.8. The molecular formula is C12H13F3O. The fourth-order valence-corrected chi connectivity index (χ4v) is 2.38. The van der Waals surface area contributed by atoms with Crippen LogP contribution in [0, 0.1) is 0 Å². The summed E-state index contributed by atoms with van der Waals surface area (Å²) in [6.07, 6.45) is -2.95. The Morgan fingerprint density at radius 1 is 1.12 bits per heavy atom. The summed E-state index contributed by atoms with van der Waals surface area (Å²) in [5.41, 5.74) is -0.374. The third-order valence-electron chi connectivity index (χ3n) is 3.15. The van der Waals surface area contributed by atoms with Crippen LogP contribution in [0.3, 0.4) is 0 Å². The maximum atomic E-state index is 12.7. The molecule has 1 fully saturated rings. The quantitative estimate of drug-likeness (QED) is 0.784. The third-order valence-corrected chi connectivity index (χ3v) is 3.15. The maximum Gasteiger partial charge on any atom is 0.416 e. The summed E-state index contributed by atoms with van der Waals surface area (Å²) < 4.78 is 38.2. The molecule has 1 aromatic rings. The second-order valence-corrected chi connectivity index (χ2v) is 4.19. The van der Waals surface area contributed by atoms with Crippen molar-refractivity contribution in [2.24, 2.45) is 0 Å². The minimum atomic E-state index is -4.33. The van der Waals surface area contributed by atoms with Gasteiger partial charge in [0.2, 0.25) is 0 Å². The van der Waals surface area contributed by atoms with Crippen LogP contribution in [0.4, 0.5) is 13.2 Å². The topological polar surface area (TPSA) is 20.2 Å². The van der Waals surface area contributed by atoms with Crippen LogP contribution in [-0.2, 0) is 6.18 Å². The first-order valence-electron chi connectivity index (χ1n) is 5.34. The van der Waals surface area contributed by atoms with Crippen LogP contribution < -0.4 is 0 Å². The molecule has 0 bridgehead atoms. The van der Waals surface area contributed by atoms with E-state index in [1.165, 1.54) is 12.1 Å². The highest BCUT2D eigenvalue weighted by molar-refractivity contribution is 5.34. The first kappa shape index (κ1) is 11.5. The highest BCUT2D eigenvalue weighted by Gasteiger charge is 2.37. The van der Waals surface area contributed by atoms with Gasteiger partial charge in [0.1, 0.15) is 0 Å². The van der Waals surface area contributed by atoms with E-state index in [1.807, 2.05) is 0 Å². The molecular weight excluding hydrogens is 217 g/mol. The van der Waals surface area contributed by atoms with Gasteiger partial charge < -0.3 is 5.11 Å². The predicted octanol–water partition coefficient (Wildman–Crippen LogP) is 3.33. The van der Waals surface area contributed by atoms with Crippen molar-refractivity contribution in [1.29, 1.82) is 0 Å². The van der Waals surface area contributed by atoms with Crippen molar-refractivity contribution in [3.8, 4) is 0 Å². The van der Waals surface area contributed by atoms with E-state index in [9.17, 15) is 18.3 Å². The molecule has 2 unspecified atom stereocenters. The zero-order valence-corrected chi connectivity index (χ0v) is 8.67. The lowest BCUT2D eigenvalue weighted by atomic mass is 9.91. The Morgan fingerprint density at radius 2 is 1.81 bits per heavy atom. The number of alkyl halides is 3. The Morgan fingerprint density at radius 3 is 2.38 bits per heavy atom. The van der Waals surface area contributed by atoms with Crippen LogP contribution >= 0.6 is 0 Å². The summed E-state index contributed by atoms with van der Waals surface area (Å²) in [4.78, 5) is 0. The highest BCUT2D eigenvalue weighted by Crippen LogP contribution is 2.41. The lowest BCUT2D eigenvalue weighted by Crippen LogP contribution is -2.17. The van der Waals surface area contributed by atoms with Gasteiger partial charge in [-0.2, -0.15) is 13.2 Å². The third kappa shape index (κ3) is 2.07. The fraction of sp³-hybridized carbons (Fsp3) is 0.500. The van der Waals surface area contributed by atoms with E-state index >= 15 is 0 Å². The standard InChI is InChI=1S/C12H13F3O/c13-12(14,15)10-6-2-1-4-8(10)9-5-3-7-11(9)16/h1-2,4,6,9,11,16H,3,5,7H2. The SMILES string of the molecule is OC1CCCC1c1ccccc1C(F)(F)F. The van der Waals surface area contributed by atoms with Gasteiger partial charge in [-0.1, -0.05) is 24.6 Å². The van der Waals surface area contributed by atoms with Gasteiger partial charge in [0.25, 0.3) is 0 Å². The van der Waals surface area contributed by atoms with Crippen LogP contribution in [-0.4, -0.2) is 11.2 Å². The van der Waals surface area contributed by atoms with E-state index in [0.29, 0.717) is 12.8 Å². The molecule has 16 heavy (non-hydrogen) atoms. The number of aliphatic hydroxyl groups excluding tert-OH is 1. The second kappa shape index (κ2) is 4.09. The molecule has 1 aromatic carbocycles. The van der Waals surface area contributed by atoms with Crippen molar-refractivity contribution in [3.05, 3.63) is 35.4 Å². The number of halogens is 3. The molecule has 1 N–H and O–H groups in total. The Kier molecular flexibility index (Phi) is 2.93. The van der Waals surface area contributed by atoms with Crippen molar-refractivity contribution in [1.82, 2.24) is 0 Å². The number of benzene rings is 1. The van der Waals surface area contributed by atoms with Crippen LogP contribution in [0.1, 0.15) is 36.3 Å². The molecule has 0 heterocycles. The molecule has 2 rings (SSSR count). The van der Waals surface area contributed by atoms with E-state index in [2.05, 4.69) is 0 Å². The monoisotopic (exact) mass is 230 g/mol. The normalized spacial score (nSPS) is 26.0. The molecule has 1 aliphatic rings. The Hall–Kier alpha value is -1.03. The average Bonchev–Trinajstić information content (AvgIpc) is 2.63. The summed E-state index contributed by atoms with van der Waals surface area (Å²) in [7, 11) is 0. The van der Waals surface area contributed by atoms with Gasteiger partial charge >= 0.3 is 6.18 Å². The molecule has 1 aliphatic carbocycles. The minimum absolute atomic E-state index is 0.236. The average molecular weight is 230 g/mol. The molecule has 0 saturated heterocycles. The first-order chi connectivity index (χ1) is 7.50. The Balaban J connectivity index is 2.40. The maximum absolute atomic E-state index is 12.7. The molecule has 0 aliphatic heterocycles. The van der Waals surface area contributed by atoms with Crippen molar-refractivity contribution in [2.75, 3.05) is 0 Å². The summed E-state index contributed by atoms with van der Waals surface area (Å²) in [5.74, 6) is -0.363. The molecule has 0 spiro atoms. The van der Waals surface area contributed by atoms with Crippen LogP contribution in [0.15, 0.2) is 24.3 Å². The second-order valence-electron chi connectivity index (χ2n) is 4.19. The molecule has 4 heteroatoms. The minimum Gasteiger partial charge on any atom is -0.392 e. The summed E-state index contributed by atoms with van der Waals surface area (Å²) in [5, 5.41) is 9.67. The smallest absolute Gasteiger partial charge is 0.392 e. The van der Waals surface area contributed by atoms with Crippen molar-refractivity contribution < 1.29 is 18.3 Å². The molecule has 2 atom stereocenters. The van der Waals surface area contributed by atoms with E-state index in [1.54, 1.807) is 6.07 Å². The number of aliphatic hydroxyl groups is 1. The van der Waals surface area contributed by atoms with Crippen LogP contribution in [0.25, 0.3) is 0 Å². The van der Waals surface area contributed by atoms with Gasteiger partial charge in [0.05, 0.1) is 11.7 Å². The van der Waals surface area contributed by atoms with Crippen molar-refractivity contribution >= 4 is 0 Å². The molecule has 1 nitrogen and oxygen atoms in total.